The molecule has 2 aromatic heterocycles. The number of allylic oxidation sites excluding steroid dienone is 1. The number of pyridine rings is 1. The normalized spacial score (nSPS) is 18.6. The van der Waals surface area contributed by atoms with Crippen LogP contribution < -0.4 is 14.9 Å². The molecule has 1 atom stereocenters. The maximum atomic E-state index is 14.1. The van der Waals surface area contributed by atoms with E-state index >= 15 is 0 Å². The number of aromatic nitrogens is 2. The average Bonchev–Trinajstić information content (AvgIpc) is 3.76. The summed E-state index contributed by atoms with van der Waals surface area (Å²) < 4.78 is 29.8. The molecule has 0 radical (unpaired) electrons. The number of aliphatic hydroxyl groups excluding tert-OH is 1. The van der Waals surface area contributed by atoms with E-state index in [-0.39, 0.29) is 35.9 Å². The molecule has 0 bridgehead atoms. The Morgan fingerprint density at radius 1 is 1.03 bits per heavy atom. The first-order valence-corrected chi connectivity index (χ1v) is 27.4. The van der Waals surface area contributed by atoms with E-state index in [0.717, 1.165) is 79.0 Å². The van der Waals surface area contributed by atoms with E-state index in [1.165, 1.54) is 40.6 Å². The number of aliphatic hydroxyl groups is 1. The van der Waals surface area contributed by atoms with Crippen LogP contribution in [0.5, 0.6) is 0 Å². The van der Waals surface area contributed by atoms with Crippen LogP contribution in [0.25, 0.3) is 16.6 Å². The fourth-order valence-electron chi connectivity index (χ4n) is 9.01. The number of fused-ring (bicyclic) bond motifs is 1. The molecule has 2 saturated heterocycles. The lowest BCUT2D eigenvalue weighted by Gasteiger charge is -2.39. The Kier molecular flexibility index (Phi) is 14.5. The number of benzene rings is 3. The van der Waals surface area contributed by atoms with Crippen molar-refractivity contribution in [2.24, 2.45) is 5.41 Å². The number of halogens is 1. The zero-order valence-electron chi connectivity index (χ0n) is 37.4. The highest BCUT2D eigenvalue weighted by atomic mass is 35.5. The molecule has 15 nitrogen and oxygen atoms in total. The SMILES string of the molecule is CC1(C)CCC(CN2CCN(c3ccc(C(=O)NS(=O)(=O)c4ccc(NCC(CO)N5CC[P+](C)(O)CC5)c([N+](=O)[O-])c4)c(Sc4cnc5[nH]ccc5c4)c3)CC2)=C(c2ccc(Cl)cc2)C1. The third kappa shape index (κ3) is 11.4. The zero-order chi connectivity index (χ0) is 46.8. The third-order valence-electron chi connectivity index (χ3n) is 13.0. The lowest BCUT2D eigenvalue weighted by molar-refractivity contribution is -0.384. The molecule has 66 heavy (non-hydrogen) atoms. The highest BCUT2D eigenvalue weighted by Crippen LogP contribution is 2.52. The van der Waals surface area contributed by atoms with Crippen molar-refractivity contribution in [1.29, 1.82) is 0 Å². The van der Waals surface area contributed by atoms with Crippen LogP contribution in [0, 0.1) is 15.5 Å². The van der Waals surface area contributed by atoms with Crippen molar-refractivity contribution in [3.63, 3.8) is 0 Å². The number of rotatable bonds is 15. The van der Waals surface area contributed by atoms with E-state index in [2.05, 4.69) is 55.8 Å². The van der Waals surface area contributed by atoms with Gasteiger partial charge in [-0.1, -0.05) is 54.9 Å². The van der Waals surface area contributed by atoms with Gasteiger partial charge in [0.1, 0.15) is 18.8 Å². The van der Waals surface area contributed by atoms with Crippen LogP contribution in [-0.4, -0.2) is 133 Å². The minimum absolute atomic E-state index is 0.0705. The average molecular weight is 977 g/mol. The third-order valence-corrected chi connectivity index (χ3v) is 18.0. The second-order valence-corrected chi connectivity index (χ2v) is 25.3. The Morgan fingerprint density at radius 3 is 2.48 bits per heavy atom. The molecule has 1 amide bonds. The van der Waals surface area contributed by atoms with Gasteiger partial charge < -0.3 is 20.3 Å². The second-order valence-electron chi connectivity index (χ2n) is 18.5. The maximum absolute atomic E-state index is 14.1. The molecule has 8 rings (SSSR count). The second kappa shape index (κ2) is 19.9. The van der Waals surface area contributed by atoms with Gasteiger partial charge in [0, 0.05) is 96.7 Å². The number of nitrogens with one attached hydrogen (secondary N) is 3. The van der Waals surface area contributed by atoms with Gasteiger partial charge in [0.25, 0.3) is 21.6 Å². The first-order chi connectivity index (χ1) is 31.5. The fourth-order valence-corrected chi connectivity index (χ4v) is 12.7. The summed E-state index contributed by atoms with van der Waals surface area (Å²) in [6, 6.07) is 20.5. The van der Waals surface area contributed by atoms with Crippen molar-refractivity contribution < 1.29 is 28.1 Å². The Balaban J connectivity index is 0.988. The number of piperazine rings is 1. The zero-order valence-corrected chi connectivity index (χ0v) is 40.7. The number of H-pyrrole nitrogens is 1. The minimum atomic E-state index is -4.59. The summed E-state index contributed by atoms with van der Waals surface area (Å²) in [7, 11) is -6.54. The number of amides is 1. The monoisotopic (exact) mass is 975 g/mol. The topological polar surface area (TPSA) is 197 Å². The highest BCUT2D eigenvalue weighted by Gasteiger charge is 2.37. The number of nitrogens with zero attached hydrogens (tertiary/aromatic N) is 5. The number of carbonyl (C=O) groups excluding carboxylic acids is 1. The largest absolute Gasteiger partial charge is 0.395 e. The van der Waals surface area contributed by atoms with Gasteiger partial charge >= 0.3 is 0 Å². The van der Waals surface area contributed by atoms with Crippen molar-refractivity contribution in [3.05, 3.63) is 117 Å². The number of anilines is 2. The predicted octanol–water partition coefficient (Wildman–Crippen LogP) is 7.82. The number of hydrogen-bond acceptors (Lipinski definition) is 13. The Morgan fingerprint density at radius 2 is 1.77 bits per heavy atom. The van der Waals surface area contributed by atoms with Gasteiger partial charge in [-0.3, -0.25) is 29.6 Å². The Bertz CT molecular complexity index is 2730. The summed E-state index contributed by atoms with van der Waals surface area (Å²) >= 11 is 7.55. The molecule has 19 heteroatoms. The lowest BCUT2D eigenvalue weighted by Crippen LogP contribution is -2.48. The smallest absolute Gasteiger partial charge is 0.293 e. The number of hydrogen-bond donors (Lipinski definition) is 5. The molecule has 2 aliphatic heterocycles. The van der Waals surface area contributed by atoms with Crippen molar-refractivity contribution in [3.8, 4) is 0 Å². The van der Waals surface area contributed by atoms with E-state index in [1.54, 1.807) is 18.5 Å². The summed E-state index contributed by atoms with van der Waals surface area (Å²) in [6.45, 7) is 11.8. The fraction of sp³-hybridized carbons (Fsp3) is 0.404. The molecule has 350 valence electrons. The van der Waals surface area contributed by atoms with E-state index < -0.39 is 38.9 Å². The standard InChI is InChI=1S/C47H56ClN8O7PS2/c1-47(2)14-12-34(41(27-47)32-4-6-35(48)7-5-32)30-53-16-18-54(19-17-53)36-8-10-40(44(25-36)65-38-24-33-13-15-49-45(33)51-29-38)46(58)52-66(62,63)39-9-11-42(43(26-39)56(59)60)50-28-37(31-57)55-20-22-64(3,61)23-21-55/h4-11,13,15,24-26,29,37,50,57,61H,12,14,16-23,27-28,30-31H2,1-3H3,(H-,49,51,52,58)/p+1. The van der Waals surface area contributed by atoms with Crippen LogP contribution in [0.15, 0.2) is 105 Å². The molecule has 0 saturated carbocycles. The summed E-state index contributed by atoms with van der Waals surface area (Å²) in [5.41, 5.74) is 5.64. The molecule has 4 heterocycles. The molecular weight excluding hydrogens is 919 g/mol. The van der Waals surface area contributed by atoms with Crippen LogP contribution in [0.4, 0.5) is 17.1 Å². The van der Waals surface area contributed by atoms with E-state index in [4.69, 9.17) is 11.6 Å². The van der Waals surface area contributed by atoms with Crippen molar-refractivity contribution in [2.75, 3.05) is 88.2 Å². The Labute approximate surface area is 395 Å². The molecule has 5 N–H and O–H groups in total. The molecular formula is C47H57ClN8O7PS2+. The molecule has 1 unspecified atom stereocenters. The highest BCUT2D eigenvalue weighted by molar-refractivity contribution is 7.99. The first kappa shape index (κ1) is 47.9. The summed E-state index contributed by atoms with van der Waals surface area (Å²) in [5, 5.41) is 27.0. The quantitative estimate of drug-likeness (QED) is 0.0387. The van der Waals surface area contributed by atoms with Crippen molar-refractivity contribution in [2.45, 2.75) is 53.8 Å². The molecule has 0 spiro atoms. The van der Waals surface area contributed by atoms with Crippen LogP contribution in [0.2, 0.25) is 5.02 Å². The van der Waals surface area contributed by atoms with Crippen LogP contribution in [0.3, 0.4) is 0 Å². The van der Waals surface area contributed by atoms with E-state index in [0.29, 0.717) is 36.0 Å². The van der Waals surface area contributed by atoms with Crippen molar-refractivity contribution >= 4 is 80.5 Å². The molecule has 1 aliphatic carbocycles. The van der Waals surface area contributed by atoms with Crippen LogP contribution >= 0.6 is 30.9 Å². The molecule has 3 aromatic carbocycles. The van der Waals surface area contributed by atoms with Gasteiger partial charge in [-0.15, -0.1) is 0 Å². The van der Waals surface area contributed by atoms with E-state index in [1.807, 2.05) is 48.0 Å². The summed E-state index contributed by atoms with van der Waals surface area (Å²) in [4.78, 5) is 51.3. The lowest BCUT2D eigenvalue weighted by atomic mass is 9.72. The van der Waals surface area contributed by atoms with Crippen LogP contribution in [-0.2, 0) is 10.0 Å². The number of sulfonamides is 1. The summed E-state index contributed by atoms with van der Waals surface area (Å²) in [5.74, 6) is -0.886. The molecule has 3 aliphatic rings. The number of aromatic amines is 1. The van der Waals surface area contributed by atoms with Gasteiger partial charge in [0.15, 0.2) is 0 Å². The molecule has 2 fully saturated rings. The van der Waals surface area contributed by atoms with Gasteiger partial charge in [-0.2, -0.15) is 0 Å². The van der Waals surface area contributed by atoms with Gasteiger partial charge in [0.05, 0.1) is 47.0 Å². The predicted molar refractivity (Wildman–Crippen MR) is 265 cm³/mol. The summed E-state index contributed by atoms with van der Waals surface area (Å²) in [6.07, 6.45) is 7.96. The minimum Gasteiger partial charge on any atom is -0.395 e. The maximum Gasteiger partial charge on any atom is 0.293 e. The Hall–Kier alpha value is -4.58. The number of nitro benzene ring substituents is 1. The first-order valence-electron chi connectivity index (χ1n) is 22.2. The van der Waals surface area contributed by atoms with Crippen LogP contribution in [0.1, 0.15) is 49.0 Å². The van der Waals surface area contributed by atoms with Crippen molar-refractivity contribution in [1.82, 2.24) is 24.5 Å². The molecule has 5 aromatic rings. The number of carbonyl (C=O) groups is 1. The van der Waals surface area contributed by atoms with Gasteiger partial charge in [-0.25, -0.2) is 18.1 Å². The van der Waals surface area contributed by atoms with Gasteiger partial charge in [0.2, 0.25) is 0 Å². The van der Waals surface area contributed by atoms with Gasteiger partial charge in [-0.05, 0) is 90.4 Å². The number of nitro groups is 1. The van der Waals surface area contributed by atoms with E-state index in [9.17, 15) is 33.3 Å².